The zero-order chi connectivity index (χ0) is 20.0. The number of hydrogen-bond acceptors (Lipinski definition) is 3. The molecule has 28 heavy (non-hydrogen) atoms. The molecule has 0 spiro atoms. The molecule has 0 radical (unpaired) electrons. The van der Waals surface area contributed by atoms with E-state index in [1.54, 1.807) is 30.0 Å². The minimum atomic E-state index is -0.383. The zero-order valence-corrected chi connectivity index (χ0v) is 16.9. The van der Waals surface area contributed by atoms with Crippen molar-refractivity contribution in [3.8, 4) is 0 Å². The number of anilines is 1. The van der Waals surface area contributed by atoms with Crippen LogP contribution in [0.25, 0.3) is 0 Å². The summed E-state index contributed by atoms with van der Waals surface area (Å²) in [5.41, 5.74) is 3.00. The van der Waals surface area contributed by atoms with Crippen LogP contribution in [0.4, 0.5) is 10.1 Å². The van der Waals surface area contributed by atoms with E-state index in [0.717, 1.165) is 33.5 Å². The first-order chi connectivity index (χ1) is 13.4. The maximum absolute atomic E-state index is 13.7. The van der Waals surface area contributed by atoms with Gasteiger partial charge in [0, 0.05) is 29.7 Å². The predicted octanol–water partition coefficient (Wildman–Crippen LogP) is 3.86. The molecule has 0 saturated heterocycles. The lowest BCUT2D eigenvalue weighted by molar-refractivity contribution is -0.118. The Morgan fingerprint density at radius 2 is 1.89 bits per heavy atom. The zero-order valence-electron chi connectivity index (χ0n) is 15.3. The Morgan fingerprint density at radius 1 is 1.14 bits per heavy atom. The number of benzene rings is 2. The highest BCUT2D eigenvalue weighted by molar-refractivity contribution is 9.10. The van der Waals surface area contributed by atoms with Gasteiger partial charge in [-0.15, -0.1) is 0 Å². The van der Waals surface area contributed by atoms with Gasteiger partial charge in [0.05, 0.1) is 11.1 Å². The van der Waals surface area contributed by atoms with E-state index in [0.29, 0.717) is 23.2 Å². The van der Waals surface area contributed by atoms with Crippen molar-refractivity contribution in [3.05, 3.63) is 62.9 Å². The average Bonchev–Trinajstić information content (AvgIpc) is 2.89. The number of halogens is 2. The molecule has 0 saturated carbocycles. The van der Waals surface area contributed by atoms with Crippen LogP contribution < -0.4 is 4.90 Å². The van der Waals surface area contributed by atoms with E-state index in [1.807, 2.05) is 0 Å². The van der Waals surface area contributed by atoms with Crippen LogP contribution in [0.2, 0.25) is 0 Å². The molecule has 5 nitrogen and oxygen atoms in total. The molecule has 0 unspecified atom stereocenters. The third-order valence-corrected chi connectivity index (χ3v) is 5.72. The number of aryl methyl sites for hydroxylation is 2. The number of amides is 3. The fourth-order valence-electron chi connectivity index (χ4n) is 3.98. The quantitative estimate of drug-likeness (QED) is 0.675. The van der Waals surface area contributed by atoms with Crippen molar-refractivity contribution in [3.63, 3.8) is 0 Å². The summed E-state index contributed by atoms with van der Waals surface area (Å²) in [6.07, 6.45) is 1.51. The van der Waals surface area contributed by atoms with E-state index in [-0.39, 0.29) is 36.5 Å². The van der Waals surface area contributed by atoms with Gasteiger partial charge in [0.25, 0.3) is 11.8 Å². The van der Waals surface area contributed by atoms with Gasteiger partial charge in [-0.3, -0.25) is 19.3 Å². The summed E-state index contributed by atoms with van der Waals surface area (Å²) in [5, 5.41) is 0. The Bertz CT molecular complexity index is 1020. The normalized spacial score (nSPS) is 15.7. The molecule has 2 heterocycles. The van der Waals surface area contributed by atoms with E-state index in [2.05, 4.69) is 15.9 Å². The summed E-state index contributed by atoms with van der Waals surface area (Å²) >= 11 is 3.30. The Morgan fingerprint density at radius 3 is 2.68 bits per heavy atom. The highest BCUT2D eigenvalue weighted by Gasteiger charge is 2.36. The molecule has 4 rings (SSSR count). The number of fused-ring (bicyclic) bond motifs is 2. The van der Waals surface area contributed by atoms with Gasteiger partial charge >= 0.3 is 0 Å². The van der Waals surface area contributed by atoms with Crippen molar-refractivity contribution in [1.82, 2.24) is 4.90 Å². The Balaban J connectivity index is 1.51. The van der Waals surface area contributed by atoms with Gasteiger partial charge < -0.3 is 4.90 Å². The molecule has 144 valence electrons. The van der Waals surface area contributed by atoms with E-state index in [4.69, 9.17) is 0 Å². The van der Waals surface area contributed by atoms with Crippen molar-refractivity contribution >= 4 is 39.3 Å². The molecule has 3 amide bonds. The molecule has 2 aliphatic rings. The molecule has 0 N–H and O–H groups in total. The van der Waals surface area contributed by atoms with Gasteiger partial charge in [0.2, 0.25) is 5.91 Å². The Kier molecular flexibility index (Phi) is 4.79. The first-order valence-electron chi connectivity index (χ1n) is 9.12. The molecule has 2 aromatic rings. The molecule has 2 aromatic carbocycles. The molecule has 7 heteroatoms. The molecular formula is C21H18BrFN2O3. The standard InChI is InChI=1S/C21H18BrFN2O3/c1-12-9-15(23)10-13-3-2-7-24(19(12)13)18(26)6-8-25-20(27)16-5-4-14(22)11-17(16)21(25)28/h4-5,9-11H,2-3,6-8H2,1H3. The second-order valence-electron chi connectivity index (χ2n) is 7.08. The summed E-state index contributed by atoms with van der Waals surface area (Å²) < 4.78 is 14.4. The van der Waals surface area contributed by atoms with Gasteiger partial charge in [-0.25, -0.2) is 4.39 Å². The molecule has 2 aliphatic heterocycles. The second kappa shape index (κ2) is 7.13. The van der Waals surface area contributed by atoms with E-state index >= 15 is 0 Å². The van der Waals surface area contributed by atoms with Gasteiger partial charge in [-0.2, -0.15) is 0 Å². The van der Waals surface area contributed by atoms with Crippen molar-refractivity contribution in [2.24, 2.45) is 0 Å². The maximum atomic E-state index is 13.7. The minimum Gasteiger partial charge on any atom is -0.312 e. The topological polar surface area (TPSA) is 57.7 Å². The van der Waals surface area contributed by atoms with Crippen LogP contribution in [0.1, 0.15) is 44.7 Å². The highest BCUT2D eigenvalue weighted by Crippen LogP contribution is 2.32. The van der Waals surface area contributed by atoms with Crippen molar-refractivity contribution in [2.75, 3.05) is 18.0 Å². The van der Waals surface area contributed by atoms with Crippen LogP contribution in [0.15, 0.2) is 34.8 Å². The summed E-state index contributed by atoms with van der Waals surface area (Å²) in [5.74, 6) is -1.24. The monoisotopic (exact) mass is 444 g/mol. The average molecular weight is 445 g/mol. The smallest absolute Gasteiger partial charge is 0.261 e. The van der Waals surface area contributed by atoms with Crippen LogP contribution >= 0.6 is 15.9 Å². The van der Waals surface area contributed by atoms with E-state index in [9.17, 15) is 18.8 Å². The molecule has 0 aliphatic carbocycles. The van der Waals surface area contributed by atoms with Gasteiger partial charge in [-0.1, -0.05) is 15.9 Å². The summed E-state index contributed by atoms with van der Waals surface area (Å²) in [6.45, 7) is 2.36. The van der Waals surface area contributed by atoms with Gasteiger partial charge in [0.1, 0.15) is 5.82 Å². The largest absolute Gasteiger partial charge is 0.312 e. The number of carbonyl (C=O) groups excluding carboxylic acids is 3. The fraction of sp³-hybridized carbons (Fsp3) is 0.286. The van der Waals surface area contributed by atoms with Crippen LogP contribution in [-0.4, -0.2) is 35.7 Å². The number of nitrogens with zero attached hydrogens (tertiary/aromatic N) is 2. The molecular weight excluding hydrogens is 427 g/mol. The summed E-state index contributed by atoms with van der Waals surface area (Å²) in [4.78, 5) is 40.7. The van der Waals surface area contributed by atoms with Crippen molar-refractivity contribution in [2.45, 2.75) is 26.2 Å². The summed E-state index contributed by atoms with van der Waals surface area (Å²) in [7, 11) is 0. The lowest BCUT2D eigenvalue weighted by Gasteiger charge is -2.31. The number of hydrogen-bond donors (Lipinski definition) is 0. The Labute approximate surface area is 170 Å². The minimum absolute atomic E-state index is 0.0227. The van der Waals surface area contributed by atoms with Crippen molar-refractivity contribution < 1.29 is 18.8 Å². The van der Waals surface area contributed by atoms with E-state index < -0.39 is 0 Å². The van der Waals surface area contributed by atoms with Gasteiger partial charge in [-0.05, 0) is 61.2 Å². The third-order valence-electron chi connectivity index (χ3n) is 5.23. The number of rotatable bonds is 3. The molecule has 0 aromatic heterocycles. The van der Waals surface area contributed by atoms with Crippen molar-refractivity contribution in [1.29, 1.82) is 0 Å². The fourth-order valence-corrected chi connectivity index (χ4v) is 4.34. The predicted molar refractivity (Wildman–Crippen MR) is 106 cm³/mol. The van der Waals surface area contributed by atoms with Gasteiger partial charge in [0.15, 0.2) is 0 Å². The van der Waals surface area contributed by atoms with Crippen LogP contribution in [-0.2, 0) is 11.2 Å². The maximum Gasteiger partial charge on any atom is 0.261 e. The molecule has 0 atom stereocenters. The highest BCUT2D eigenvalue weighted by atomic mass is 79.9. The first kappa shape index (κ1) is 18.8. The van der Waals surface area contributed by atoms with E-state index in [1.165, 1.54) is 12.1 Å². The Hall–Kier alpha value is -2.54. The number of imide groups is 1. The summed E-state index contributed by atoms with van der Waals surface area (Å²) in [6, 6.07) is 7.85. The first-order valence-corrected chi connectivity index (χ1v) is 9.91. The number of carbonyl (C=O) groups is 3. The van der Waals surface area contributed by atoms with Crippen LogP contribution in [0.3, 0.4) is 0 Å². The lowest BCUT2D eigenvalue weighted by Crippen LogP contribution is -2.39. The van der Waals surface area contributed by atoms with Crippen LogP contribution in [0, 0.1) is 12.7 Å². The third kappa shape index (κ3) is 3.13. The lowest BCUT2D eigenvalue weighted by atomic mass is 9.97. The SMILES string of the molecule is Cc1cc(F)cc2c1N(C(=O)CCN1C(=O)c3ccc(Br)cc3C1=O)CCC2. The second-order valence-corrected chi connectivity index (χ2v) is 8.00. The molecule has 0 fully saturated rings. The molecule has 0 bridgehead atoms. The van der Waals surface area contributed by atoms with Crippen LogP contribution in [0.5, 0.6) is 0 Å².